The number of halogens is 1. The second-order valence-corrected chi connectivity index (χ2v) is 7.95. The molecule has 0 radical (unpaired) electrons. The third-order valence-electron chi connectivity index (χ3n) is 5.62. The fourth-order valence-corrected chi connectivity index (χ4v) is 4.17. The van der Waals surface area contributed by atoms with Crippen molar-refractivity contribution in [2.45, 2.75) is 64.4 Å². The highest BCUT2D eigenvalue weighted by Gasteiger charge is 2.43. The molecule has 4 heteroatoms. The number of nitrogens with one attached hydrogen (secondary N) is 1. The Labute approximate surface area is 167 Å². The maximum absolute atomic E-state index is 13.3. The van der Waals surface area contributed by atoms with Crippen LogP contribution in [0, 0.1) is 6.92 Å². The van der Waals surface area contributed by atoms with Gasteiger partial charge in [0.25, 0.3) is 0 Å². The van der Waals surface area contributed by atoms with Crippen LogP contribution in [0.4, 0.5) is 5.69 Å². The smallest absolute Gasteiger partial charge is 0.235 e. The zero-order chi connectivity index (χ0) is 19.4. The molecule has 0 saturated heterocycles. The molecule has 1 aliphatic carbocycles. The van der Waals surface area contributed by atoms with Crippen molar-refractivity contribution in [2.75, 3.05) is 5.32 Å². The molecule has 1 atom stereocenters. The van der Waals surface area contributed by atoms with E-state index in [1.165, 1.54) is 0 Å². The lowest BCUT2D eigenvalue weighted by Gasteiger charge is -2.29. The number of anilines is 1. The van der Waals surface area contributed by atoms with Crippen LogP contribution in [-0.2, 0) is 10.2 Å². The van der Waals surface area contributed by atoms with Gasteiger partial charge >= 0.3 is 0 Å². The average Bonchev–Trinajstić information content (AvgIpc) is 3.15. The highest BCUT2D eigenvalue weighted by molar-refractivity contribution is 6.31. The van der Waals surface area contributed by atoms with E-state index < -0.39 is 5.41 Å². The molecule has 3 rings (SSSR count). The summed E-state index contributed by atoms with van der Waals surface area (Å²) in [7, 11) is 0. The van der Waals surface area contributed by atoms with E-state index in [0.717, 1.165) is 54.7 Å². The first kappa shape index (κ1) is 19.8. The summed E-state index contributed by atoms with van der Waals surface area (Å²) in [6, 6.07) is 13.6. The molecule has 2 aromatic carbocycles. The first-order valence-corrected chi connectivity index (χ1v) is 10.2. The number of carbonyl (C=O) groups is 1. The number of benzene rings is 2. The number of amides is 1. The Balaban J connectivity index is 1.83. The molecule has 0 unspecified atom stereocenters. The van der Waals surface area contributed by atoms with Gasteiger partial charge in [0.15, 0.2) is 0 Å². The minimum Gasteiger partial charge on any atom is -0.490 e. The molecule has 1 amide bonds. The number of ether oxygens (including phenoxy) is 1. The minimum atomic E-state index is -0.544. The van der Waals surface area contributed by atoms with E-state index in [1.807, 2.05) is 49.4 Å². The fraction of sp³-hybridized carbons (Fsp3) is 0.435. The highest BCUT2D eigenvalue weighted by Crippen LogP contribution is 2.44. The summed E-state index contributed by atoms with van der Waals surface area (Å²) < 4.78 is 5.93. The van der Waals surface area contributed by atoms with Crippen LogP contribution < -0.4 is 10.1 Å². The van der Waals surface area contributed by atoms with Gasteiger partial charge in [0, 0.05) is 10.7 Å². The van der Waals surface area contributed by atoms with E-state index in [2.05, 4.69) is 19.2 Å². The van der Waals surface area contributed by atoms with E-state index in [0.29, 0.717) is 5.02 Å². The molecule has 0 heterocycles. The van der Waals surface area contributed by atoms with Gasteiger partial charge in [-0.2, -0.15) is 0 Å². The first-order chi connectivity index (χ1) is 13.0. The first-order valence-electron chi connectivity index (χ1n) is 9.80. The Kier molecular flexibility index (Phi) is 6.11. The number of hydrogen-bond acceptors (Lipinski definition) is 2. The Morgan fingerprint density at radius 3 is 2.56 bits per heavy atom. The molecule has 0 bridgehead atoms. The van der Waals surface area contributed by atoms with Crippen molar-refractivity contribution >= 4 is 23.2 Å². The van der Waals surface area contributed by atoms with Gasteiger partial charge in [-0.15, -0.1) is 0 Å². The number of rotatable bonds is 6. The number of aryl methyl sites for hydroxylation is 1. The Morgan fingerprint density at radius 1 is 1.22 bits per heavy atom. The van der Waals surface area contributed by atoms with Gasteiger partial charge in [-0.1, -0.05) is 49.6 Å². The fourth-order valence-electron chi connectivity index (χ4n) is 3.86. The van der Waals surface area contributed by atoms with Crippen LogP contribution in [0.1, 0.15) is 57.1 Å². The second-order valence-electron chi connectivity index (χ2n) is 7.54. The molecule has 1 saturated carbocycles. The molecule has 0 aromatic heterocycles. The lowest BCUT2D eigenvalue weighted by molar-refractivity contribution is -0.121. The molecule has 144 valence electrons. The summed E-state index contributed by atoms with van der Waals surface area (Å²) in [6.45, 7) is 6.17. The van der Waals surface area contributed by atoms with E-state index in [-0.39, 0.29) is 12.0 Å². The van der Waals surface area contributed by atoms with Crippen molar-refractivity contribution in [1.29, 1.82) is 0 Å². The summed E-state index contributed by atoms with van der Waals surface area (Å²) in [4.78, 5) is 13.3. The Bertz CT molecular complexity index is 812. The van der Waals surface area contributed by atoms with Gasteiger partial charge < -0.3 is 10.1 Å². The Hall–Kier alpha value is -2.00. The van der Waals surface area contributed by atoms with Crippen LogP contribution in [0.2, 0.25) is 5.02 Å². The van der Waals surface area contributed by atoms with E-state index >= 15 is 0 Å². The van der Waals surface area contributed by atoms with Crippen molar-refractivity contribution in [3.8, 4) is 5.75 Å². The maximum atomic E-state index is 13.3. The molecule has 27 heavy (non-hydrogen) atoms. The monoisotopic (exact) mass is 385 g/mol. The maximum Gasteiger partial charge on any atom is 0.235 e. The molecular weight excluding hydrogens is 358 g/mol. The molecule has 1 fully saturated rings. The van der Waals surface area contributed by atoms with E-state index in [1.54, 1.807) is 0 Å². The predicted molar refractivity (Wildman–Crippen MR) is 112 cm³/mol. The van der Waals surface area contributed by atoms with Gasteiger partial charge in [-0.25, -0.2) is 0 Å². The molecule has 0 aliphatic heterocycles. The summed E-state index contributed by atoms with van der Waals surface area (Å²) >= 11 is 6.45. The average molecular weight is 386 g/mol. The molecule has 2 aromatic rings. The zero-order valence-electron chi connectivity index (χ0n) is 16.3. The lowest BCUT2D eigenvalue weighted by Crippen LogP contribution is -2.38. The molecule has 0 spiro atoms. The van der Waals surface area contributed by atoms with Crippen LogP contribution >= 0.6 is 11.6 Å². The van der Waals surface area contributed by atoms with Gasteiger partial charge in [0.05, 0.1) is 11.5 Å². The summed E-state index contributed by atoms with van der Waals surface area (Å²) in [5, 5.41) is 3.80. The van der Waals surface area contributed by atoms with Crippen LogP contribution in [0.5, 0.6) is 5.75 Å². The van der Waals surface area contributed by atoms with Crippen molar-refractivity contribution in [3.63, 3.8) is 0 Å². The van der Waals surface area contributed by atoms with E-state index in [4.69, 9.17) is 16.3 Å². The van der Waals surface area contributed by atoms with Crippen molar-refractivity contribution in [1.82, 2.24) is 0 Å². The quantitative estimate of drug-likeness (QED) is 0.635. The normalized spacial score (nSPS) is 16.7. The van der Waals surface area contributed by atoms with Crippen LogP contribution in [0.25, 0.3) is 0 Å². The number of carbonyl (C=O) groups excluding carboxylic acids is 1. The van der Waals surface area contributed by atoms with Gasteiger partial charge in [0.1, 0.15) is 5.75 Å². The standard InChI is InChI=1S/C23H28ClNO2/c1-4-17(3)27-21-12-11-18(15-16(21)2)25-22(26)23(13-7-8-14-23)19-9-5-6-10-20(19)24/h5-6,9-12,15,17H,4,7-8,13-14H2,1-3H3,(H,25,26)/t17-/m1/s1. The van der Waals surface area contributed by atoms with E-state index in [9.17, 15) is 4.79 Å². The van der Waals surface area contributed by atoms with Crippen molar-refractivity contribution in [3.05, 3.63) is 58.6 Å². The predicted octanol–water partition coefficient (Wildman–Crippen LogP) is 6.28. The summed E-state index contributed by atoms with van der Waals surface area (Å²) in [6.07, 6.45) is 4.87. The third kappa shape index (κ3) is 4.14. The van der Waals surface area contributed by atoms with Crippen molar-refractivity contribution in [2.24, 2.45) is 0 Å². The minimum absolute atomic E-state index is 0.0306. The summed E-state index contributed by atoms with van der Waals surface area (Å²) in [5.74, 6) is 0.895. The summed E-state index contributed by atoms with van der Waals surface area (Å²) in [5.41, 5.74) is 2.21. The SMILES string of the molecule is CC[C@@H](C)Oc1ccc(NC(=O)C2(c3ccccc3Cl)CCCC2)cc1C. The highest BCUT2D eigenvalue weighted by atomic mass is 35.5. The third-order valence-corrected chi connectivity index (χ3v) is 5.95. The van der Waals surface area contributed by atoms with Gasteiger partial charge in [-0.3, -0.25) is 4.79 Å². The topological polar surface area (TPSA) is 38.3 Å². The van der Waals surface area contributed by atoms with Crippen LogP contribution in [0.3, 0.4) is 0 Å². The molecule has 3 nitrogen and oxygen atoms in total. The van der Waals surface area contributed by atoms with Gasteiger partial charge in [-0.05, 0) is 68.5 Å². The Morgan fingerprint density at radius 2 is 1.93 bits per heavy atom. The number of hydrogen-bond donors (Lipinski definition) is 1. The molecule has 1 N–H and O–H groups in total. The molecular formula is C23H28ClNO2. The van der Waals surface area contributed by atoms with Crippen LogP contribution in [-0.4, -0.2) is 12.0 Å². The van der Waals surface area contributed by atoms with Crippen LogP contribution in [0.15, 0.2) is 42.5 Å². The molecule has 1 aliphatic rings. The largest absolute Gasteiger partial charge is 0.490 e. The zero-order valence-corrected chi connectivity index (χ0v) is 17.1. The lowest BCUT2D eigenvalue weighted by atomic mass is 9.78. The van der Waals surface area contributed by atoms with Crippen molar-refractivity contribution < 1.29 is 9.53 Å². The second kappa shape index (κ2) is 8.35. The van der Waals surface area contributed by atoms with Gasteiger partial charge in [0.2, 0.25) is 5.91 Å².